The number of imide groups is 1. The molecule has 3 rings (SSSR count). The maximum atomic E-state index is 12.0. The fourth-order valence-electron chi connectivity index (χ4n) is 1.99. The van der Waals surface area contributed by atoms with Crippen LogP contribution in [0, 0.1) is 0 Å². The van der Waals surface area contributed by atoms with Gasteiger partial charge < -0.3 is 4.74 Å². The Morgan fingerprint density at radius 3 is 2.22 bits per heavy atom. The van der Waals surface area contributed by atoms with Crippen molar-refractivity contribution in [1.82, 2.24) is 4.90 Å². The molecule has 0 aliphatic carbocycles. The molecule has 18 heavy (non-hydrogen) atoms. The van der Waals surface area contributed by atoms with Gasteiger partial charge in [-0.3, -0.25) is 19.3 Å². The minimum absolute atomic E-state index is 0.106. The molecule has 2 heterocycles. The average molecular weight is 244 g/mol. The largest absolute Gasteiger partial charge is 0.468 e. The molecule has 0 radical (unpaired) electrons. The Hall–Kier alpha value is -2.50. The summed E-state index contributed by atoms with van der Waals surface area (Å²) in [7, 11) is 0. The van der Waals surface area contributed by atoms with Crippen molar-refractivity contribution in [2.45, 2.75) is 6.10 Å². The van der Waals surface area contributed by atoms with Gasteiger partial charge in [0.05, 0.1) is 17.7 Å². The lowest BCUT2D eigenvalue weighted by Crippen LogP contribution is -2.39. The Morgan fingerprint density at radius 2 is 1.72 bits per heavy atom. The monoisotopic (exact) mass is 244 g/mol. The normalized spacial score (nSPS) is 21.4. The molecule has 0 saturated carbocycles. The van der Waals surface area contributed by atoms with Crippen LogP contribution in [0.5, 0.6) is 0 Å². The third kappa shape index (κ3) is 1.42. The molecule has 1 aromatic carbocycles. The molecule has 1 aromatic rings. The lowest BCUT2D eigenvalue weighted by molar-refractivity contribution is -0.122. The molecular weight excluding hydrogens is 236 g/mol. The van der Waals surface area contributed by atoms with E-state index in [1.807, 2.05) is 0 Å². The minimum Gasteiger partial charge on any atom is -0.468 e. The smallest absolute Gasteiger partial charge is 0.291 e. The number of ether oxygens (including phenoxy) is 1. The molecule has 0 spiro atoms. The highest BCUT2D eigenvalue weighted by Crippen LogP contribution is 2.23. The molecule has 0 bridgehead atoms. The van der Waals surface area contributed by atoms with Crippen LogP contribution in [-0.2, 0) is 9.53 Å². The number of hydrogen-bond acceptors (Lipinski definition) is 4. The van der Waals surface area contributed by atoms with Crippen LogP contribution in [-0.4, -0.2) is 41.7 Å². The SMILES string of the molecule is O=C1N=COC1CN1C(=O)c2ccccc2C1=O. The summed E-state index contributed by atoms with van der Waals surface area (Å²) in [5.74, 6) is -1.29. The Labute approximate surface area is 102 Å². The maximum Gasteiger partial charge on any atom is 0.291 e. The summed E-state index contributed by atoms with van der Waals surface area (Å²) in [5, 5.41) is 0. The predicted molar refractivity (Wildman–Crippen MR) is 60.2 cm³/mol. The second-order valence-corrected chi connectivity index (χ2v) is 3.96. The van der Waals surface area contributed by atoms with Crippen LogP contribution in [0.15, 0.2) is 29.3 Å². The van der Waals surface area contributed by atoms with Gasteiger partial charge in [0.2, 0.25) is 0 Å². The van der Waals surface area contributed by atoms with Crippen molar-refractivity contribution in [1.29, 1.82) is 0 Å². The standard InChI is InChI=1S/C12H8N2O4/c15-10-9(18-6-13-10)5-14-11(16)7-3-1-2-4-8(7)12(14)17/h1-4,6,9H,5H2. The van der Waals surface area contributed by atoms with Gasteiger partial charge in [-0.1, -0.05) is 12.1 Å². The first-order valence-electron chi connectivity index (χ1n) is 5.35. The zero-order chi connectivity index (χ0) is 12.7. The summed E-state index contributed by atoms with van der Waals surface area (Å²) in [6.45, 7) is -0.106. The summed E-state index contributed by atoms with van der Waals surface area (Å²) in [5.41, 5.74) is 0.711. The van der Waals surface area contributed by atoms with Gasteiger partial charge in [0.15, 0.2) is 12.5 Å². The summed E-state index contributed by atoms with van der Waals surface area (Å²) in [4.78, 5) is 39.7. The van der Waals surface area contributed by atoms with Gasteiger partial charge in [-0.25, -0.2) is 0 Å². The van der Waals surface area contributed by atoms with E-state index in [9.17, 15) is 14.4 Å². The number of benzene rings is 1. The van der Waals surface area contributed by atoms with Gasteiger partial charge in [0, 0.05) is 0 Å². The van der Waals surface area contributed by atoms with Crippen LogP contribution in [0.25, 0.3) is 0 Å². The quantitative estimate of drug-likeness (QED) is 0.698. The van der Waals surface area contributed by atoms with Crippen molar-refractivity contribution in [2.24, 2.45) is 4.99 Å². The molecule has 0 aromatic heterocycles. The fourth-order valence-corrected chi connectivity index (χ4v) is 1.99. The van der Waals surface area contributed by atoms with Gasteiger partial charge in [-0.15, -0.1) is 0 Å². The van der Waals surface area contributed by atoms with Crippen molar-refractivity contribution >= 4 is 24.1 Å². The lowest BCUT2D eigenvalue weighted by atomic mass is 10.1. The fraction of sp³-hybridized carbons (Fsp3) is 0.167. The van der Waals surface area contributed by atoms with Gasteiger partial charge in [-0.2, -0.15) is 4.99 Å². The number of amides is 3. The maximum absolute atomic E-state index is 12.0. The number of carbonyl (C=O) groups excluding carboxylic acids is 3. The van der Waals surface area contributed by atoms with Crippen LogP contribution >= 0.6 is 0 Å². The summed E-state index contributed by atoms with van der Waals surface area (Å²) in [6, 6.07) is 6.55. The topological polar surface area (TPSA) is 76.0 Å². The van der Waals surface area contributed by atoms with E-state index < -0.39 is 23.8 Å². The number of carbonyl (C=O) groups is 3. The Bertz CT molecular complexity index is 558. The first-order chi connectivity index (χ1) is 8.68. The highest BCUT2D eigenvalue weighted by Gasteiger charge is 2.39. The zero-order valence-corrected chi connectivity index (χ0v) is 9.20. The van der Waals surface area contributed by atoms with Crippen molar-refractivity contribution in [3.63, 3.8) is 0 Å². The van der Waals surface area contributed by atoms with Crippen LogP contribution in [0.4, 0.5) is 0 Å². The number of hydrogen-bond donors (Lipinski definition) is 0. The van der Waals surface area contributed by atoms with Crippen molar-refractivity contribution < 1.29 is 19.1 Å². The number of nitrogens with zero attached hydrogens (tertiary/aromatic N) is 2. The van der Waals surface area contributed by atoms with E-state index in [1.165, 1.54) is 0 Å². The first kappa shape index (κ1) is 10.6. The van der Waals surface area contributed by atoms with Crippen LogP contribution in [0.2, 0.25) is 0 Å². The molecule has 3 amide bonds. The van der Waals surface area contributed by atoms with Crippen LogP contribution in [0.1, 0.15) is 20.7 Å². The Balaban J connectivity index is 1.86. The zero-order valence-electron chi connectivity index (χ0n) is 9.20. The molecule has 6 heteroatoms. The Morgan fingerprint density at radius 1 is 1.11 bits per heavy atom. The summed E-state index contributed by atoms with van der Waals surface area (Å²) >= 11 is 0. The van der Waals surface area contributed by atoms with E-state index in [1.54, 1.807) is 24.3 Å². The molecule has 1 unspecified atom stereocenters. The predicted octanol–water partition coefficient (Wildman–Crippen LogP) is 0.236. The van der Waals surface area contributed by atoms with Crippen molar-refractivity contribution in [3.05, 3.63) is 35.4 Å². The van der Waals surface area contributed by atoms with Gasteiger partial charge in [0.1, 0.15) is 0 Å². The second-order valence-electron chi connectivity index (χ2n) is 3.96. The average Bonchev–Trinajstić information content (AvgIpc) is 2.89. The third-order valence-corrected chi connectivity index (χ3v) is 2.91. The summed E-state index contributed by atoms with van der Waals surface area (Å²) in [6.07, 6.45) is 0.151. The summed E-state index contributed by atoms with van der Waals surface area (Å²) < 4.78 is 4.94. The molecular formula is C12H8N2O4. The number of aliphatic imine (C=N–C) groups is 1. The highest BCUT2D eigenvalue weighted by atomic mass is 16.5. The number of fused-ring (bicyclic) bond motifs is 1. The molecule has 6 nitrogen and oxygen atoms in total. The minimum atomic E-state index is -0.882. The third-order valence-electron chi connectivity index (χ3n) is 2.91. The van der Waals surface area contributed by atoms with E-state index in [4.69, 9.17) is 4.74 Å². The molecule has 0 saturated heterocycles. The van der Waals surface area contributed by atoms with Crippen LogP contribution in [0.3, 0.4) is 0 Å². The van der Waals surface area contributed by atoms with E-state index in [0.29, 0.717) is 11.1 Å². The van der Waals surface area contributed by atoms with Crippen molar-refractivity contribution in [3.8, 4) is 0 Å². The number of rotatable bonds is 2. The molecule has 1 atom stereocenters. The second kappa shape index (κ2) is 3.76. The Kier molecular flexibility index (Phi) is 2.22. The van der Waals surface area contributed by atoms with E-state index in [-0.39, 0.29) is 6.54 Å². The molecule has 0 fully saturated rings. The van der Waals surface area contributed by atoms with E-state index >= 15 is 0 Å². The lowest BCUT2D eigenvalue weighted by Gasteiger charge is -2.16. The highest BCUT2D eigenvalue weighted by molar-refractivity contribution is 6.21. The van der Waals surface area contributed by atoms with Crippen molar-refractivity contribution in [2.75, 3.05) is 6.54 Å². The van der Waals surface area contributed by atoms with Gasteiger partial charge >= 0.3 is 0 Å². The van der Waals surface area contributed by atoms with Gasteiger partial charge in [0.25, 0.3) is 17.7 Å². The molecule has 2 aliphatic rings. The first-order valence-corrected chi connectivity index (χ1v) is 5.35. The molecule has 90 valence electrons. The molecule has 2 aliphatic heterocycles. The van der Waals surface area contributed by atoms with Gasteiger partial charge in [-0.05, 0) is 12.1 Å². The molecule has 0 N–H and O–H groups in total. The van der Waals surface area contributed by atoms with Crippen LogP contribution < -0.4 is 0 Å². The van der Waals surface area contributed by atoms with E-state index in [2.05, 4.69) is 4.99 Å². The van der Waals surface area contributed by atoms with E-state index in [0.717, 1.165) is 11.3 Å².